The van der Waals surface area contributed by atoms with Crippen LogP contribution in [0.4, 0.5) is 11.5 Å². The van der Waals surface area contributed by atoms with Gasteiger partial charge in [-0.25, -0.2) is 4.98 Å². The van der Waals surface area contributed by atoms with Gasteiger partial charge in [-0.05, 0) is 37.5 Å². The van der Waals surface area contributed by atoms with E-state index >= 15 is 0 Å². The lowest BCUT2D eigenvalue weighted by molar-refractivity contribution is 0.0760. The molecular formula is C18H24N6O. The average molecular weight is 340 g/mol. The van der Waals surface area contributed by atoms with Gasteiger partial charge in [0.1, 0.15) is 5.82 Å². The zero-order chi connectivity index (χ0) is 17.6. The molecule has 1 saturated heterocycles. The molecule has 1 N–H and O–H groups in total. The second-order valence-corrected chi connectivity index (χ2v) is 6.49. The number of hydrogen-bond donors (Lipinski definition) is 1. The van der Waals surface area contributed by atoms with Crippen LogP contribution in [-0.4, -0.2) is 59.2 Å². The van der Waals surface area contributed by atoms with Crippen LogP contribution in [0.3, 0.4) is 0 Å². The van der Waals surface area contributed by atoms with Crippen molar-refractivity contribution in [1.82, 2.24) is 20.1 Å². The summed E-state index contributed by atoms with van der Waals surface area (Å²) in [6.45, 7) is 1.51. The molecule has 3 rings (SSSR count). The molecule has 7 nitrogen and oxygen atoms in total. The van der Waals surface area contributed by atoms with Crippen LogP contribution in [0, 0.1) is 0 Å². The molecule has 1 aliphatic rings. The second-order valence-electron chi connectivity index (χ2n) is 6.49. The summed E-state index contributed by atoms with van der Waals surface area (Å²) < 4.78 is 0. The van der Waals surface area contributed by atoms with E-state index in [9.17, 15) is 4.79 Å². The highest BCUT2D eigenvalue weighted by Gasteiger charge is 2.21. The van der Waals surface area contributed by atoms with E-state index in [4.69, 9.17) is 0 Å². The topological polar surface area (TPSA) is 74.2 Å². The Kier molecular flexibility index (Phi) is 5.42. The first-order chi connectivity index (χ1) is 12.1. The molecule has 0 aromatic carbocycles. The van der Waals surface area contributed by atoms with Crippen molar-refractivity contribution in [3.63, 3.8) is 0 Å². The summed E-state index contributed by atoms with van der Waals surface area (Å²) >= 11 is 0. The van der Waals surface area contributed by atoms with Gasteiger partial charge in [0.15, 0.2) is 0 Å². The van der Waals surface area contributed by atoms with Crippen LogP contribution in [0.5, 0.6) is 0 Å². The van der Waals surface area contributed by atoms with Crippen molar-refractivity contribution in [1.29, 1.82) is 0 Å². The number of carbonyl (C=O) groups excluding carboxylic acids is 1. The van der Waals surface area contributed by atoms with Crippen LogP contribution in [-0.2, 0) is 0 Å². The van der Waals surface area contributed by atoms with Crippen molar-refractivity contribution in [3.05, 3.63) is 42.4 Å². The Morgan fingerprint density at radius 3 is 2.72 bits per heavy atom. The fourth-order valence-electron chi connectivity index (χ4n) is 3.02. The molecule has 1 fully saturated rings. The van der Waals surface area contributed by atoms with Gasteiger partial charge in [0, 0.05) is 33.2 Å². The Hall–Kier alpha value is -2.70. The normalized spacial score (nSPS) is 17.7. The molecule has 3 heterocycles. The van der Waals surface area contributed by atoms with Gasteiger partial charge in [0.2, 0.25) is 0 Å². The Labute approximate surface area is 148 Å². The third-order valence-electron chi connectivity index (χ3n) is 4.42. The monoisotopic (exact) mass is 340 g/mol. The number of pyridine rings is 1. The van der Waals surface area contributed by atoms with Gasteiger partial charge in [-0.2, -0.15) is 10.2 Å². The fourth-order valence-corrected chi connectivity index (χ4v) is 3.02. The molecule has 0 radical (unpaired) electrons. The lowest BCUT2D eigenvalue weighted by Crippen LogP contribution is -2.32. The van der Waals surface area contributed by atoms with Crippen molar-refractivity contribution in [2.75, 3.05) is 37.4 Å². The highest BCUT2D eigenvalue weighted by atomic mass is 16.2. The summed E-state index contributed by atoms with van der Waals surface area (Å²) in [6.07, 6.45) is 7.88. The molecule has 2 aromatic rings. The molecule has 0 aliphatic carbocycles. The smallest absolute Gasteiger partial charge is 0.255 e. The maximum Gasteiger partial charge on any atom is 0.255 e. The summed E-state index contributed by atoms with van der Waals surface area (Å²) in [5.41, 5.74) is 1.62. The van der Waals surface area contributed by atoms with Gasteiger partial charge in [0.25, 0.3) is 5.91 Å². The summed E-state index contributed by atoms with van der Waals surface area (Å²) in [5.74, 6) is 0.974. The number of amides is 1. The number of carbonyl (C=O) groups is 1. The third kappa shape index (κ3) is 4.43. The molecule has 0 unspecified atom stereocenters. The number of anilines is 2. The van der Waals surface area contributed by atoms with E-state index in [0.29, 0.717) is 11.6 Å². The first-order valence-corrected chi connectivity index (χ1v) is 8.59. The van der Waals surface area contributed by atoms with Crippen LogP contribution >= 0.6 is 0 Å². The van der Waals surface area contributed by atoms with E-state index in [2.05, 4.69) is 26.6 Å². The van der Waals surface area contributed by atoms with Gasteiger partial charge in [-0.3, -0.25) is 4.79 Å². The zero-order valence-corrected chi connectivity index (χ0v) is 14.7. The number of likely N-dealkylation sites (tertiary alicyclic amines) is 1. The minimum absolute atomic E-state index is 0.0348. The summed E-state index contributed by atoms with van der Waals surface area (Å²) in [6, 6.07) is 6.12. The largest absolute Gasteiger partial charge is 0.381 e. The maximum absolute atomic E-state index is 12.5. The van der Waals surface area contributed by atoms with E-state index in [1.54, 1.807) is 12.3 Å². The van der Waals surface area contributed by atoms with Gasteiger partial charge >= 0.3 is 0 Å². The molecule has 25 heavy (non-hydrogen) atoms. The van der Waals surface area contributed by atoms with Crippen molar-refractivity contribution >= 4 is 17.4 Å². The first-order valence-electron chi connectivity index (χ1n) is 8.59. The quantitative estimate of drug-likeness (QED) is 0.918. The van der Waals surface area contributed by atoms with Crippen LogP contribution < -0.4 is 10.2 Å². The molecular weight excluding hydrogens is 316 g/mol. The van der Waals surface area contributed by atoms with Crippen LogP contribution in [0.2, 0.25) is 0 Å². The number of hydrogen-bond acceptors (Lipinski definition) is 6. The Morgan fingerprint density at radius 2 is 2.04 bits per heavy atom. The molecule has 1 aliphatic heterocycles. The molecule has 0 spiro atoms. The van der Waals surface area contributed by atoms with E-state index < -0.39 is 0 Å². The van der Waals surface area contributed by atoms with Gasteiger partial charge in [-0.1, -0.05) is 0 Å². The second kappa shape index (κ2) is 7.92. The Bertz CT molecular complexity index is 688. The predicted octanol–water partition coefficient (Wildman–Crippen LogP) is 2.04. The minimum Gasteiger partial charge on any atom is -0.381 e. The van der Waals surface area contributed by atoms with Crippen LogP contribution in [0.25, 0.3) is 0 Å². The number of nitrogens with zero attached hydrogens (tertiary/aromatic N) is 5. The highest BCUT2D eigenvalue weighted by molar-refractivity contribution is 5.93. The summed E-state index contributed by atoms with van der Waals surface area (Å²) in [7, 11) is 3.95. The van der Waals surface area contributed by atoms with Crippen molar-refractivity contribution < 1.29 is 4.79 Å². The molecule has 1 amide bonds. The summed E-state index contributed by atoms with van der Waals surface area (Å²) in [4.78, 5) is 20.9. The Balaban J connectivity index is 1.57. The SMILES string of the molecule is CN(C)c1ccc(N[C@H]2CCCN(C(=O)c3ccnnc3)CC2)cn1. The van der Waals surface area contributed by atoms with Gasteiger partial charge < -0.3 is 15.1 Å². The minimum atomic E-state index is 0.0348. The standard InChI is InChI=1S/C18H24N6O/c1-23(2)17-6-5-16(13-19-17)22-15-4-3-10-24(11-8-15)18(25)14-7-9-20-21-12-14/h5-7,9,12-13,15,22H,3-4,8,10-11H2,1-2H3/t15-/m0/s1. The summed E-state index contributed by atoms with van der Waals surface area (Å²) in [5, 5.41) is 11.1. The number of aromatic nitrogens is 3. The van der Waals surface area contributed by atoms with Crippen LogP contribution in [0.15, 0.2) is 36.8 Å². The average Bonchev–Trinajstić information content (AvgIpc) is 2.88. The molecule has 0 saturated carbocycles. The number of rotatable bonds is 4. The van der Waals surface area contributed by atoms with Gasteiger partial charge in [0.05, 0.1) is 29.8 Å². The Morgan fingerprint density at radius 1 is 1.16 bits per heavy atom. The number of nitrogens with one attached hydrogen (secondary N) is 1. The lowest BCUT2D eigenvalue weighted by atomic mass is 10.1. The lowest BCUT2D eigenvalue weighted by Gasteiger charge is -2.21. The van der Waals surface area contributed by atoms with Crippen molar-refractivity contribution in [2.45, 2.75) is 25.3 Å². The van der Waals surface area contributed by atoms with Crippen molar-refractivity contribution in [2.24, 2.45) is 0 Å². The van der Waals surface area contributed by atoms with E-state index in [1.807, 2.05) is 36.2 Å². The zero-order valence-electron chi connectivity index (χ0n) is 14.7. The molecule has 7 heteroatoms. The molecule has 0 bridgehead atoms. The molecule has 2 aromatic heterocycles. The van der Waals surface area contributed by atoms with Crippen molar-refractivity contribution in [3.8, 4) is 0 Å². The van der Waals surface area contributed by atoms with Crippen LogP contribution in [0.1, 0.15) is 29.6 Å². The predicted molar refractivity (Wildman–Crippen MR) is 97.8 cm³/mol. The van der Waals surface area contributed by atoms with Gasteiger partial charge in [-0.15, -0.1) is 0 Å². The van der Waals surface area contributed by atoms with E-state index in [1.165, 1.54) is 6.20 Å². The third-order valence-corrected chi connectivity index (χ3v) is 4.42. The first kappa shape index (κ1) is 17.1. The van der Waals surface area contributed by atoms with E-state index in [-0.39, 0.29) is 5.91 Å². The molecule has 132 valence electrons. The molecule has 1 atom stereocenters. The highest BCUT2D eigenvalue weighted by Crippen LogP contribution is 2.19. The van der Waals surface area contributed by atoms with E-state index in [0.717, 1.165) is 43.9 Å². The maximum atomic E-state index is 12.5. The fraction of sp³-hybridized carbons (Fsp3) is 0.444.